The Kier molecular flexibility index (Phi) is 11.8. The quantitative estimate of drug-likeness (QED) is 0.110. The SMILES string of the molecule is COCCOCO[C@@H]1[C@H]2SC[C@H](O[Si](c3ccccc3)(c3ccccc3)C(C)(C)C)[C@H]2C[C@H](OCc2cccc(OC)c2)[C@]12COC(C)(C)O2. The molecule has 0 N–H and O–H groups in total. The summed E-state index contributed by atoms with van der Waals surface area (Å²) in [5, 5.41) is 2.49. The Morgan fingerprint density at radius 2 is 1.58 bits per heavy atom. The fourth-order valence-corrected chi connectivity index (χ4v) is 14.6. The third-order valence-electron chi connectivity index (χ3n) is 10.3. The summed E-state index contributed by atoms with van der Waals surface area (Å²) in [5.41, 5.74) is 0.189. The van der Waals surface area contributed by atoms with Crippen molar-refractivity contribution in [1.29, 1.82) is 0 Å². The van der Waals surface area contributed by atoms with E-state index < -0.39 is 19.7 Å². The van der Waals surface area contributed by atoms with E-state index in [1.807, 2.05) is 43.8 Å². The van der Waals surface area contributed by atoms with Crippen LogP contribution in [0.25, 0.3) is 0 Å². The number of methoxy groups -OCH3 is 2. The largest absolute Gasteiger partial charge is 0.497 e. The third kappa shape index (κ3) is 7.61. The summed E-state index contributed by atoms with van der Waals surface area (Å²) in [6.07, 6.45) is 0.0182. The molecule has 0 amide bonds. The molecule has 0 radical (unpaired) electrons. The van der Waals surface area contributed by atoms with Gasteiger partial charge in [0.05, 0.1) is 45.7 Å². The van der Waals surface area contributed by atoms with Crippen LogP contribution in [-0.4, -0.2) is 89.9 Å². The van der Waals surface area contributed by atoms with Gasteiger partial charge in [-0.25, -0.2) is 0 Å². The Morgan fingerprint density at radius 1 is 0.880 bits per heavy atom. The van der Waals surface area contributed by atoms with E-state index in [2.05, 4.69) is 87.5 Å². The number of ether oxygens (including phenoxy) is 7. The lowest BCUT2D eigenvalue weighted by molar-refractivity contribution is -0.262. The third-order valence-corrected chi connectivity index (χ3v) is 16.9. The van der Waals surface area contributed by atoms with Crippen LogP contribution >= 0.6 is 11.8 Å². The first kappa shape index (κ1) is 37.5. The van der Waals surface area contributed by atoms with Crippen LogP contribution in [0.1, 0.15) is 46.6 Å². The molecule has 2 heterocycles. The first-order valence-corrected chi connectivity index (χ1v) is 20.7. The van der Waals surface area contributed by atoms with Gasteiger partial charge in [0.15, 0.2) is 5.79 Å². The molecule has 3 fully saturated rings. The Hall–Kier alpha value is -2.25. The molecule has 8 nitrogen and oxygen atoms in total. The minimum atomic E-state index is -2.82. The molecule has 272 valence electrons. The molecule has 1 aliphatic carbocycles. The summed E-state index contributed by atoms with van der Waals surface area (Å²) in [6.45, 7) is 12.8. The van der Waals surface area contributed by atoms with Gasteiger partial charge in [-0.05, 0) is 53.4 Å². The predicted octanol–water partition coefficient (Wildman–Crippen LogP) is 6.19. The van der Waals surface area contributed by atoms with Crippen LogP contribution in [0.15, 0.2) is 84.9 Å². The zero-order valence-electron chi connectivity index (χ0n) is 30.6. The molecule has 3 aromatic rings. The highest BCUT2D eigenvalue weighted by atomic mass is 32.2. The number of thioether (sulfide) groups is 1. The van der Waals surface area contributed by atoms with E-state index >= 15 is 0 Å². The summed E-state index contributed by atoms with van der Waals surface area (Å²) >= 11 is 1.92. The predicted molar refractivity (Wildman–Crippen MR) is 200 cm³/mol. The van der Waals surface area contributed by atoms with E-state index in [0.29, 0.717) is 26.4 Å². The summed E-state index contributed by atoms with van der Waals surface area (Å²) in [7, 11) is 0.529. The number of benzene rings is 3. The highest BCUT2D eigenvalue weighted by Crippen LogP contribution is 2.54. The van der Waals surface area contributed by atoms with E-state index in [1.54, 1.807) is 14.2 Å². The molecule has 1 spiro atoms. The van der Waals surface area contributed by atoms with E-state index in [-0.39, 0.29) is 41.3 Å². The fourth-order valence-electron chi connectivity index (χ4n) is 8.04. The van der Waals surface area contributed by atoms with Crippen LogP contribution in [0.4, 0.5) is 0 Å². The van der Waals surface area contributed by atoms with Gasteiger partial charge < -0.3 is 37.6 Å². The molecule has 1 saturated carbocycles. The van der Waals surface area contributed by atoms with E-state index in [0.717, 1.165) is 23.5 Å². The zero-order chi connectivity index (χ0) is 35.4. The monoisotopic (exact) mass is 722 g/mol. The molecule has 3 aromatic carbocycles. The fraction of sp³-hybridized carbons (Fsp3) is 0.550. The molecule has 6 rings (SSSR count). The first-order chi connectivity index (χ1) is 24.0. The number of rotatable bonds is 14. The maximum absolute atomic E-state index is 7.82. The van der Waals surface area contributed by atoms with Gasteiger partial charge in [-0.1, -0.05) is 93.6 Å². The lowest BCUT2D eigenvalue weighted by atomic mass is 9.72. The van der Waals surface area contributed by atoms with Crippen molar-refractivity contribution >= 4 is 30.5 Å². The zero-order valence-corrected chi connectivity index (χ0v) is 32.4. The second-order valence-corrected chi connectivity index (χ2v) is 20.5. The van der Waals surface area contributed by atoms with Gasteiger partial charge in [0, 0.05) is 24.0 Å². The highest BCUT2D eigenvalue weighted by molar-refractivity contribution is 8.00. The minimum Gasteiger partial charge on any atom is -0.497 e. The maximum atomic E-state index is 7.82. The van der Waals surface area contributed by atoms with Gasteiger partial charge >= 0.3 is 0 Å². The molecule has 50 heavy (non-hydrogen) atoms. The van der Waals surface area contributed by atoms with E-state index in [1.165, 1.54) is 10.4 Å². The Morgan fingerprint density at radius 3 is 2.18 bits per heavy atom. The average Bonchev–Trinajstić information content (AvgIpc) is 3.66. The van der Waals surface area contributed by atoms with Crippen molar-refractivity contribution in [3.8, 4) is 5.75 Å². The molecule has 0 unspecified atom stereocenters. The van der Waals surface area contributed by atoms with E-state index in [9.17, 15) is 0 Å². The van der Waals surface area contributed by atoms with Crippen molar-refractivity contribution in [2.75, 3.05) is 46.6 Å². The van der Waals surface area contributed by atoms with Crippen molar-refractivity contribution in [1.82, 2.24) is 0 Å². The molecule has 10 heteroatoms. The van der Waals surface area contributed by atoms with Gasteiger partial charge in [0.2, 0.25) is 0 Å². The molecule has 2 aliphatic heterocycles. The average molecular weight is 723 g/mol. The van der Waals surface area contributed by atoms with Gasteiger partial charge in [-0.2, -0.15) is 11.8 Å². The van der Waals surface area contributed by atoms with Crippen molar-refractivity contribution in [2.24, 2.45) is 5.92 Å². The summed E-state index contributed by atoms with van der Waals surface area (Å²) in [6, 6.07) is 29.8. The molecule has 3 aliphatic rings. The Labute approximate surface area is 303 Å². The summed E-state index contributed by atoms with van der Waals surface area (Å²) in [4.78, 5) is 0. The summed E-state index contributed by atoms with van der Waals surface area (Å²) in [5.74, 6) is 0.981. The summed E-state index contributed by atoms with van der Waals surface area (Å²) < 4.78 is 51.4. The van der Waals surface area contributed by atoms with Crippen LogP contribution in [0.2, 0.25) is 5.04 Å². The molecule has 2 saturated heterocycles. The van der Waals surface area contributed by atoms with Crippen molar-refractivity contribution in [3.63, 3.8) is 0 Å². The number of fused-ring (bicyclic) bond motifs is 1. The number of hydrogen-bond acceptors (Lipinski definition) is 9. The number of hydrogen-bond donors (Lipinski definition) is 0. The van der Waals surface area contributed by atoms with Crippen molar-refractivity contribution < 1.29 is 37.6 Å². The second kappa shape index (κ2) is 15.8. The normalized spacial score (nSPS) is 27.8. The Bertz CT molecular complexity index is 1480. The van der Waals surface area contributed by atoms with E-state index in [4.69, 9.17) is 37.6 Å². The first-order valence-electron chi connectivity index (χ1n) is 17.7. The molecular weight excluding hydrogens is 669 g/mol. The van der Waals surface area contributed by atoms with Gasteiger partial charge in [-0.3, -0.25) is 0 Å². The van der Waals surface area contributed by atoms with Crippen LogP contribution in [0, 0.1) is 5.92 Å². The topological polar surface area (TPSA) is 73.8 Å². The highest BCUT2D eigenvalue weighted by Gasteiger charge is 2.66. The Balaban J connectivity index is 1.38. The van der Waals surface area contributed by atoms with Crippen molar-refractivity contribution in [3.05, 3.63) is 90.5 Å². The van der Waals surface area contributed by atoms with Crippen LogP contribution < -0.4 is 15.1 Å². The van der Waals surface area contributed by atoms with Crippen molar-refractivity contribution in [2.45, 2.75) is 87.6 Å². The van der Waals surface area contributed by atoms with Gasteiger partial charge in [-0.15, -0.1) is 0 Å². The smallest absolute Gasteiger partial charge is 0.261 e. The molecular formula is C40H54O8SSi. The van der Waals surface area contributed by atoms with Gasteiger partial charge in [0.1, 0.15) is 24.2 Å². The van der Waals surface area contributed by atoms with Gasteiger partial charge in [0.25, 0.3) is 8.32 Å². The molecule has 6 atom stereocenters. The second-order valence-electron chi connectivity index (χ2n) is 15.0. The molecule has 0 aromatic heterocycles. The van der Waals surface area contributed by atoms with Crippen LogP contribution in [0.3, 0.4) is 0 Å². The lowest BCUT2D eigenvalue weighted by Crippen LogP contribution is -2.69. The maximum Gasteiger partial charge on any atom is 0.261 e. The molecule has 0 bridgehead atoms. The lowest BCUT2D eigenvalue weighted by Gasteiger charge is -2.51. The minimum absolute atomic E-state index is 0.0348. The van der Waals surface area contributed by atoms with Crippen LogP contribution in [0.5, 0.6) is 5.75 Å². The van der Waals surface area contributed by atoms with Crippen LogP contribution in [-0.2, 0) is 39.5 Å². The standard InChI is InChI=1S/C40H54O8SSi/c1-38(2,3)50(31-17-10-8-11-18-31,32-19-12-9-13-20-32)47-34-26-49-36-33(34)24-35(44-25-29-15-14-16-30(23-29)42-7)40(27-46-39(4,5)48-40)37(36)45-28-43-22-21-41-6/h8-20,23,33-37H,21-22,24-28H2,1-7H3/t33-,34+,35+,36+,37-,40-/m1/s1.